The summed E-state index contributed by atoms with van der Waals surface area (Å²) in [5, 5.41) is 12.0. The van der Waals surface area contributed by atoms with E-state index in [9.17, 15) is 5.11 Å². The van der Waals surface area contributed by atoms with Gasteiger partial charge in [0, 0.05) is 18.8 Å². The van der Waals surface area contributed by atoms with Crippen LogP contribution in [0.2, 0.25) is 0 Å². The van der Waals surface area contributed by atoms with Crippen LogP contribution in [0.25, 0.3) is 0 Å². The lowest BCUT2D eigenvalue weighted by molar-refractivity contribution is -0.923. The standard InChI is InChI=1S/C20H22N2O/c1-3-13-11-22(2)9-8-20-16-6-4-5-7-17(16)21-19(20)15(12-23)14(13)10-18(20)22/h3-7,12,14,18H,8-11H2,1-2H3/b13-3-. The van der Waals surface area contributed by atoms with E-state index in [4.69, 9.17) is 4.99 Å². The van der Waals surface area contributed by atoms with Crippen molar-refractivity contribution in [3.8, 4) is 0 Å². The van der Waals surface area contributed by atoms with E-state index in [0.29, 0.717) is 6.04 Å². The van der Waals surface area contributed by atoms with Gasteiger partial charge >= 0.3 is 0 Å². The molecule has 0 N–H and O–H groups in total. The molecule has 1 aromatic rings. The quantitative estimate of drug-likeness (QED) is 0.412. The Bertz CT molecular complexity index is 806. The maximum absolute atomic E-state index is 12.0. The molecule has 118 valence electrons. The molecule has 3 heterocycles. The average molecular weight is 306 g/mol. The van der Waals surface area contributed by atoms with Crippen LogP contribution in [0.5, 0.6) is 0 Å². The van der Waals surface area contributed by atoms with E-state index >= 15 is 0 Å². The number of benzene rings is 1. The Labute approximate surface area is 137 Å². The second-order valence-electron chi connectivity index (χ2n) is 7.80. The van der Waals surface area contributed by atoms with Crippen molar-refractivity contribution in [2.75, 3.05) is 20.1 Å². The number of quaternary nitrogens is 1. The van der Waals surface area contributed by atoms with Gasteiger partial charge in [-0.15, -0.1) is 6.26 Å². The molecule has 3 aliphatic heterocycles. The third-order valence-corrected chi connectivity index (χ3v) is 6.97. The number of nitrogens with zero attached hydrogens (tertiary/aromatic N) is 2. The Hall–Kier alpha value is -1.87. The van der Waals surface area contributed by atoms with Gasteiger partial charge in [0.25, 0.3) is 0 Å². The molecule has 4 atom stereocenters. The summed E-state index contributed by atoms with van der Waals surface area (Å²) in [6, 6.07) is 9.10. The summed E-state index contributed by atoms with van der Waals surface area (Å²) >= 11 is 0. The second kappa shape index (κ2) is 4.15. The second-order valence-corrected chi connectivity index (χ2v) is 7.80. The van der Waals surface area contributed by atoms with Crippen LogP contribution < -0.4 is 5.11 Å². The number of allylic oxidation sites excluding steroid dienone is 2. The Morgan fingerprint density at radius 1 is 1.35 bits per heavy atom. The van der Waals surface area contributed by atoms with Gasteiger partial charge in [-0.05, 0) is 29.7 Å². The number of likely N-dealkylation sites (N-methyl/N-ethyl adjacent to an activating group) is 1. The number of hydrogen-bond acceptors (Lipinski definition) is 2. The van der Waals surface area contributed by atoms with Gasteiger partial charge in [-0.25, -0.2) is 0 Å². The highest BCUT2D eigenvalue weighted by Crippen LogP contribution is 2.61. The van der Waals surface area contributed by atoms with Crippen LogP contribution in [-0.4, -0.2) is 36.4 Å². The summed E-state index contributed by atoms with van der Waals surface area (Å²) in [4.78, 5) is 4.99. The zero-order valence-corrected chi connectivity index (χ0v) is 13.7. The van der Waals surface area contributed by atoms with Gasteiger partial charge in [0.1, 0.15) is 12.6 Å². The number of para-hydroxylation sites is 1. The first-order chi connectivity index (χ1) is 11.1. The van der Waals surface area contributed by atoms with E-state index in [2.05, 4.69) is 44.3 Å². The molecule has 3 fully saturated rings. The predicted octanol–water partition coefficient (Wildman–Crippen LogP) is 2.45. The smallest absolute Gasteiger partial charge is 0.106 e. The molecule has 0 aromatic heterocycles. The minimum atomic E-state index is -0.0165. The lowest BCUT2D eigenvalue weighted by Crippen LogP contribution is -2.63. The van der Waals surface area contributed by atoms with Gasteiger partial charge in [-0.1, -0.05) is 24.3 Å². The van der Waals surface area contributed by atoms with E-state index in [1.165, 1.54) is 17.7 Å². The molecule has 2 saturated heterocycles. The van der Waals surface area contributed by atoms with E-state index in [1.54, 1.807) is 0 Å². The number of piperidine rings is 1. The minimum Gasteiger partial charge on any atom is -0.878 e. The van der Waals surface area contributed by atoms with Crippen molar-refractivity contribution >= 4 is 11.4 Å². The summed E-state index contributed by atoms with van der Waals surface area (Å²) in [6.07, 6.45) is 5.55. The van der Waals surface area contributed by atoms with E-state index in [1.807, 2.05) is 0 Å². The molecule has 4 unspecified atom stereocenters. The Kier molecular flexibility index (Phi) is 2.45. The van der Waals surface area contributed by atoms with Gasteiger partial charge in [-0.2, -0.15) is 0 Å². The molecule has 1 saturated carbocycles. The van der Waals surface area contributed by atoms with Crippen molar-refractivity contribution in [1.82, 2.24) is 0 Å². The molecule has 3 heteroatoms. The van der Waals surface area contributed by atoms with Crippen molar-refractivity contribution in [2.24, 2.45) is 10.9 Å². The Morgan fingerprint density at radius 2 is 2.17 bits per heavy atom. The topological polar surface area (TPSA) is 35.4 Å². The molecule has 1 spiro atoms. The normalized spacial score (nSPS) is 43.5. The van der Waals surface area contributed by atoms with Crippen LogP contribution in [0.4, 0.5) is 5.69 Å². The minimum absolute atomic E-state index is 0.0165. The molecule has 3 nitrogen and oxygen atoms in total. The lowest BCUT2D eigenvalue weighted by atomic mass is 9.58. The molecule has 23 heavy (non-hydrogen) atoms. The first-order valence-electron chi connectivity index (χ1n) is 8.64. The predicted molar refractivity (Wildman–Crippen MR) is 89.5 cm³/mol. The van der Waals surface area contributed by atoms with Gasteiger partial charge in [0.15, 0.2) is 0 Å². The first kappa shape index (κ1) is 13.6. The number of hydrogen-bond donors (Lipinski definition) is 0. The third-order valence-electron chi connectivity index (χ3n) is 6.97. The highest BCUT2D eigenvalue weighted by Gasteiger charge is 2.67. The van der Waals surface area contributed by atoms with Gasteiger partial charge in [0.05, 0.1) is 30.4 Å². The first-order valence-corrected chi connectivity index (χ1v) is 8.64. The summed E-state index contributed by atoms with van der Waals surface area (Å²) in [7, 11) is 2.41. The van der Waals surface area contributed by atoms with E-state index in [0.717, 1.165) is 47.1 Å². The van der Waals surface area contributed by atoms with Gasteiger partial charge in [-0.3, -0.25) is 4.99 Å². The van der Waals surface area contributed by atoms with Crippen LogP contribution >= 0.6 is 0 Å². The number of fused-ring (bicyclic) bond motifs is 2. The highest BCUT2D eigenvalue weighted by atomic mass is 16.2. The maximum atomic E-state index is 12.0. The monoisotopic (exact) mass is 306 g/mol. The number of aliphatic imine (C=N–C) groups is 1. The lowest BCUT2D eigenvalue weighted by Gasteiger charge is -2.53. The molecule has 4 aliphatic rings. The summed E-state index contributed by atoms with van der Waals surface area (Å²) in [5.41, 5.74) is 5.92. The van der Waals surface area contributed by atoms with Crippen LogP contribution in [0.1, 0.15) is 25.3 Å². The van der Waals surface area contributed by atoms with Crippen molar-refractivity contribution in [2.45, 2.75) is 31.2 Å². The number of rotatable bonds is 0. The van der Waals surface area contributed by atoms with Crippen molar-refractivity contribution in [1.29, 1.82) is 0 Å². The van der Waals surface area contributed by atoms with Crippen LogP contribution in [0, 0.1) is 5.92 Å². The largest absolute Gasteiger partial charge is 0.878 e. The summed E-state index contributed by atoms with van der Waals surface area (Å²) < 4.78 is 1.11. The molecule has 0 radical (unpaired) electrons. The van der Waals surface area contributed by atoms with Gasteiger partial charge in [0.2, 0.25) is 0 Å². The zero-order valence-electron chi connectivity index (χ0n) is 13.7. The average Bonchev–Trinajstić information content (AvgIpc) is 3.08. The van der Waals surface area contributed by atoms with Crippen molar-refractivity contribution < 1.29 is 9.59 Å². The molecule has 2 bridgehead atoms. The Balaban J connectivity index is 1.82. The molecular formula is C20H22N2O. The fourth-order valence-electron chi connectivity index (χ4n) is 5.96. The van der Waals surface area contributed by atoms with E-state index < -0.39 is 0 Å². The molecule has 1 aliphatic carbocycles. The highest BCUT2D eigenvalue weighted by molar-refractivity contribution is 6.14. The Morgan fingerprint density at radius 3 is 2.96 bits per heavy atom. The van der Waals surface area contributed by atoms with Crippen molar-refractivity contribution in [3.63, 3.8) is 0 Å². The van der Waals surface area contributed by atoms with Crippen molar-refractivity contribution in [3.05, 3.63) is 53.3 Å². The molecule has 1 aromatic carbocycles. The van der Waals surface area contributed by atoms with Crippen LogP contribution in [-0.2, 0) is 5.41 Å². The zero-order chi connectivity index (χ0) is 15.8. The van der Waals surface area contributed by atoms with E-state index in [-0.39, 0.29) is 11.3 Å². The fourth-order valence-corrected chi connectivity index (χ4v) is 5.96. The molecule has 5 rings (SSSR count). The molecule has 0 amide bonds. The van der Waals surface area contributed by atoms with Gasteiger partial charge < -0.3 is 9.59 Å². The maximum Gasteiger partial charge on any atom is 0.106 e. The summed E-state index contributed by atoms with van der Waals surface area (Å²) in [5.74, 6) is 0.285. The van der Waals surface area contributed by atoms with Crippen LogP contribution in [0.3, 0.4) is 0 Å². The SMILES string of the molecule is C/C=C1/C[N+]2(C)CCC34C(=Nc5ccccc53)/C(=C\[O-])C1CC42. The summed E-state index contributed by atoms with van der Waals surface area (Å²) in [6.45, 7) is 4.38. The third kappa shape index (κ3) is 1.38. The molecular weight excluding hydrogens is 284 g/mol. The van der Waals surface area contributed by atoms with Crippen LogP contribution in [0.15, 0.2) is 52.7 Å². The fraction of sp³-hybridized carbons (Fsp3) is 0.450.